The number of rotatable bonds is 7. The molecule has 20 heteroatoms. The van der Waals surface area contributed by atoms with E-state index in [0.29, 0.717) is 16.7 Å². The first-order chi connectivity index (χ1) is 17.7. The topological polar surface area (TPSA) is 98.7 Å². The number of amides is 2. The van der Waals surface area contributed by atoms with Crippen LogP contribution in [0, 0.1) is 0 Å². The molecular weight excluding hydrogens is 598 g/mol. The van der Waals surface area contributed by atoms with Crippen LogP contribution in [0.2, 0.25) is 0 Å². The molecule has 0 bridgehead atoms. The molecule has 0 radical (unpaired) electrons. The van der Waals surface area contributed by atoms with Crippen molar-refractivity contribution >= 4 is 17.4 Å². The van der Waals surface area contributed by atoms with Crippen LogP contribution in [0.15, 0.2) is 48.6 Å². The van der Waals surface area contributed by atoms with Crippen molar-refractivity contribution in [1.82, 2.24) is 10.6 Å². The van der Waals surface area contributed by atoms with E-state index >= 15 is 0 Å². The van der Waals surface area contributed by atoms with E-state index in [4.69, 9.17) is 0 Å². The van der Waals surface area contributed by atoms with Gasteiger partial charge in [0.2, 0.25) is 5.79 Å². The van der Waals surface area contributed by atoms with Crippen LogP contribution in [0.1, 0.15) is 5.56 Å². The second-order valence-electron chi connectivity index (χ2n) is 8.03. The minimum atomic E-state index is -7.25. The van der Waals surface area contributed by atoms with Crippen LogP contribution < -0.4 is 10.6 Å². The molecule has 0 unspecified atom stereocenters. The second kappa shape index (κ2) is 9.60. The Labute approximate surface area is 211 Å². The summed E-state index contributed by atoms with van der Waals surface area (Å²) in [7, 11) is 0. The summed E-state index contributed by atoms with van der Waals surface area (Å²) in [5.74, 6) is -40.4. The minimum absolute atomic E-state index is 0.0248. The maximum atomic E-state index is 13.9. The third kappa shape index (κ3) is 5.20. The van der Waals surface area contributed by atoms with E-state index in [1.807, 2.05) is 0 Å². The molecule has 2 amide bonds. The van der Waals surface area contributed by atoms with Gasteiger partial charge in [-0.05, 0) is 23.3 Å². The molecule has 1 aromatic rings. The fourth-order valence-corrected chi connectivity index (χ4v) is 2.98. The molecule has 0 atom stereocenters. The van der Waals surface area contributed by atoms with Crippen LogP contribution in [-0.4, -0.2) is 69.5 Å². The number of nitrogens with one attached hydrogen (secondary N) is 2. The Morgan fingerprint density at radius 3 is 1.35 bits per heavy atom. The van der Waals surface area contributed by atoms with Crippen LogP contribution in [0.4, 0.5) is 61.5 Å². The van der Waals surface area contributed by atoms with Crippen molar-refractivity contribution in [1.29, 1.82) is 0 Å². The van der Waals surface area contributed by atoms with Crippen LogP contribution in [0.25, 0.3) is 5.57 Å². The van der Waals surface area contributed by atoms with E-state index in [2.05, 4.69) is 0 Å². The number of benzene rings is 1. The summed E-state index contributed by atoms with van der Waals surface area (Å²) in [6.45, 7) is 0. The van der Waals surface area contributed by atoms with E-state index < -0.39 is 64.9 Å². The standard InChI is InChI=1S/C20H12F14N2O4/c21-15(22,17(25,26)19(29,30)31)11(37)35-13(36-12(38)16(23,24)18(27,28)20(32,33)34)7-6-10(8-14(13,39)40)9-4-2-1-3-5-9/h1-8,39-40H,(H,35,37)(H,36,38). The lowest BCUT2D eigenvalue weighted by Crippen LogP contribution is -2.77. The van der Waals surface area contributed by atoms with Gasteiger partial charge in [-0.1, -0.05) is 36.4 Å². The molecule has 0 saturated carbocycles. The van der Waals surface area contributed by atoms with Crippen molar-refractivity contribution in [3.63, 3.8) is 0 Å². The number of alkyl halides is 14. The Kier molecular flexibility index (Phi) is 7.87. The highest BCUT2D eigenvalue weighted by Gasteiger charge is 2.79. The van der Waals surface area contributed by atoms with Gasteiger partial charge in [0.1, 0.15) is 0 Å². The van der Waals surface area contributed by atoms with Gasteiger partial charge in [-0.15, -0.1) is 0 Å². The molecular formula is C20H12F14N2O4. The first-order valence-electron chi connectivity index (χ1n) is 9.90. The van der Waals surface area contributed by atoms with Gasteiger partial charge in [-0.3, -0.25) is 9.59 Å². The van der Waals surface area contributed by atoms with Gasteiger partial charge in [0.05, 0.1) is 0 Å². The summed E-state index contributed by atoms with van der Waals surface area (Å²) < 4.78 is 184. The highest BCUT2D eigenvalue weighted by molar-refractivity contribution is 5.90. The molecule has 40 heavy (non-hydrogen) atoms. The molecule has 0 fully saturated rings. The zero-order chi connectivity index (χ0) is 31.4. The fourth-order valence-electron chi connectivity index (χ4n) is 2.98. The van der Waals surface area contributed by atoms with Crippen LogP contribution in [-0.2, 0) is 9.59 Å². The van der Waals surface area contributed by atoms with Gasteiger partial charge >= 0.3 is 36.0 Å². The van der Waals surface area contributed by atoms with Crippen molar-refractivity contribution in [2.75, 3.05) is 0 Å². The molecule has 4 N–H and O–H groups in total. The lowest BCUT2D eigenvalue weighted by molar-refractivity contribution is -0.345. The summed E-state index contributed by atoms with van der Waals surface area (Å²) in [5.41, 5.74) is -4.90. The van der Waals surface area contributed by atoms with Crippen molar-refractivity contribution in [2.24, 2.45) is 0 Å². The summed E-state index contributed by atoms with van der Waals surface area (Å²) in [4.78, 5) is 23.7. The molecule has 224 valence electrons. The first-order valence-corrected chi connectivity index (χ1v) is 9.90. The Bertz CT molecular complexity index is 1150. The van der Waals surface area contributed by atoms with Crippen LogP contribution >= 0.6 is 0 Å². The molecule has 1 aliphatic rings. The largest absolute Gasteiger partial charge is 0.460 e. The Morgan fingerprint density at radius 2 is 1.02 bits per heavy atom. The highest BCUT2D eigenvalue weighted by atomic mass is 19.4. The average molecular weight is 610 g/mol. The Morgan fingerprint density at radius 1 is 0.650 bits per heavy atom. The summed E-state index contributed by atoms with van der Waals surface area (Å²) in [6, 6.07) is 6.30. The van der Waals surface area contributed by atoms with Gasteiger partial charge in [0.25, 0.3) is 11.8 Å². The zero-order valence-corrected chi connectivity index (χ0v) is 18.6. The smallest absolute Gasteiger partial charge is 0.359 e. The van der Waals surface area contributed by atoms with E-state index in [1.54, 1.807) is 0 Å². The molecule has 1 aromatic carbocycles. The molecule has 1 aliphatic carbocycles. The maximum absolute atomic E-state index is 13.9. The van der Waals surface area contributed by atoms with Gasteiger partial charge in [-0.25, -0.2) is 0 Å². The number of hydrogen-bond acceptors (Lipinski definition) is 4. The van der Waals surface area contributed by atoms with E-state index in [-0.39, 0.29) is 17.7 Å². The molecule has 0 aromatic heterocycles. The first kappa shape index (κ1) is 32.8. The highest BCUT2D eigenvalue weighted by Crippen LogP contribution is 2.48. The predicted molar refractivity (Wildman–Crippen MR) is 102 cm³/mol. The number of carbonyl (C=O) groups excluding carboxylic acids is 2. The monoisotopic (exact) mass is 610 g/mol. The lowest BCUT2D eigenvalue weighted by Gasteiger charge is -2.44. The fraction of sp³-hybridized carbons (Fsp3) is 0.400. The predicted octanol–water partition coefficient (Wildman–Crippen LogP) is 3.92. The second-order valence-corrected chi connectivity index (χ2v) is 8.03. The van der Waals surface area contributed by atoms with Gasteiger partial charge in [-0.2, -0.15) is 61.5 Å². The Hall–Kier alpha value is -3.42. The minimum Gasteiger partial charge on any atom is -0.359 e. The van der Waals surface area contributed by atoms with Crippen LogP contribution in [0.3, 0.4) is 0 Å². The number of hydrogen-bond donors (Lipinski definition) is 4. The zero-order valence-electron chi connectivity index (χ0n) is 18.6. The third-order valence-corrected chi connectivity index (χ3v) is 5.25. The Balaban J connectivity index is 2.68. The van der Waals surface area contributed by atoms with Crippen molar-refractivity contribution in [3.05, 3.63) is 54.1 Å². The van der Waals surface area contributed by atoms with Gasteiger partial charge in [0, 0.05) is 0 Å². The van der Waals surface area contributed by atoms with Gasteiger partial charge < -0.3 is 20.8 Å². The maximum Gasteiger partial charge on any atom is 0.460 e. The van der Waals surface area contributed by atoms with E-state index in [9.17, 15) is 81.3 Å². The van der Waals surface area contributed by atoms with Crippen molar-refractivity contribution in [3.8, 4) is 0 Å². The molecule has 0 heterocycles. The normalized spacial score (nSPS) is 18.1. The quantitative estimate of drug-likeness (QED) is 0.278. The van der Waals surface area contributed by atoms with Crippen molar-refractivity contribution in [2.45, 2.75) is 47.5 Å². The van der Waals surface area contributed by atoms with Crippen LogP contribution in [0.5, 0.6) is 0 Å². The third-order valence-electron chi connectivity index (χ3n) is 5.25. The summed E-state index contributed by atoms with van der Waals surface area (Å²) >= 11 is 0. The number of halogens is 14. The molecule has 2 rings (SSSR count). The van der Waals surface area contributed by atoms with E-state index in [1.165, 1.54) is 30.3 Å². The summed E-state index contributed by atoms with van der Waals surface area (Å²) in [5, 5.41) is 21.3. The number of carbonyl (C=O) groups is 2. The molecule has 0 saturated heterocycles. The average Bonchev–Trinajstić information content (AvgIpc) is 2.79. The van der Waals surface area contributed by atoms with Crippen molar-refractivity contribution < 1.29 is 81.3 Å². The number of aliphatic hydroxyl groups is 2. The molecule has 6 nitrogen and oxygen atoms in total. The lowest BCUT2D eigenvalue weighted by atomic mass is 9.86. The molecule has 0 spiro atoms. The summed E-state index contributed by atoms with van der Waals surface area (Å²) in [6.07, 6.45) is -14.2. The van der Waals surface area contributed by atoms with Gasteiger partial charge in [0.15, 0.2) is 5.66 Å². The number of allylic oxidation sites excluding steroid dienone is 2. The molecule has 0 aliphatic heterocycles. The van der Waals surface area contributed by atoms with E-state index in [0.717, 1.165) is 0 Å². The SMILES string of the molecule is O=C(NC1(NC(=O)C(F)(F)C(F)(F)C(F)(F)F)C=CC(c2ccccc2)=CC1(O)O)C(F)(F)C(F)(F)C(F)(F)F.